The second kappa shape index (κ2) is 12.3. The number of ether oxygens (including phenoxy) is 2. The molecule has 208 valence electrons. The number of amides is 1. The number of carbonyl (C=O) groups excluding carboxylic acids is 1. The molecule has 1 aliphatic heterocycles. The first-order chi connectivity index (χ1) is 19.4. The van der Waals surface area contributed by atoms with E-state index in [9.17, 15) is 4.79 Å². The van der Waals surface area contributed by atoms with Crippen LogP contribution >= 0.6 is 0 Å². The topological polar surface area (TPSA) is 88.6 Å². The Hall–Kier alpha value is -4.24. The smallest absolute Gasteiger partial charge is 0.255 e. The molecule has 1 amide bonds. The quantitative estimate of drug-likeness (QED) is 0.265. The average molecular weight is 544 g/mol. The maximum Gasteiger partial charge on any atom is 0.255 e. The van der Waals surface area contributed by atoms with Gasteiger partial charge >= 0.3 is 0 Å². The molecule has 1 aromatic heterocycles. The molecule has 1 aliphatic rings. The highest BCUT2D eigenvalue weighted by Crippen LogP contribution is 2.36. The third-order valence-corrected chi connectivity index (χ3v) is 7.36. The molecule has 0 aliphatic carbocycles. The van der Waals surface area contributed by atoms with E-state index in [1.807, 2.05) is 31.2 Å². The first-order valence-corrected chi connectivity index (χ1v) is 13.5. The van der Waals surface area contributed by atoms with Crippen molar-refractivity contribution in [1.82, 2.24) is 14.9 Å². The Bertz CT molecular complexity index is 1500. The molecular formula is C31H34FN5O3. The lowest BCUT2D eigenvalue weighted by Crippen LogP contribution is -2.32. The van der Waals surface area contributed by atoms with E-state index in [1.165, 1.54) is 12.4 Å². The van der Waals surface area contributed by atoms with Crippen molar-refractivity contribution in [3.05, 3.63) is 77.9 Å². The summed E-state index contributed by atoms with van der Waals surface area (Å²) in [7, 11) is 3.73. The van der Waals surface area contributed by atoms with E-state index in [0.29, 0.717) is 52.0 Å². The number of nitrogens with one attached hydrogen (secondary N) is 2. The highest BCUT2D eigenvalue weighted by atomic mass is 19.1. The van der Waals surface area contributed by atoms with E-state index in [1.54, 1.807) is 31.4 Å². The van der Waals surface area contributed by atoms with Gasteiger partial charge in [0, 0.05) is 22.7 Å². The molecule has 0 bridgehead atoms. The summed E-state index contributed by atoms with van der Waals surface area (Å²) in [6, 6.07) is 15.5. The maximum atomic E-state index is 15.1. The summed E-state index contributed by atoms with van der Waals surface area (Å²) in [5.74, 6) is 1.30. The van der Waals surface area contributed by atoms with Crippen LogP contribution in [0, 0.1) is 11.7 Å². The van der Waals surface area contributed by atoms with Gasteiger partial charge in [-0.15, -0.1) is 0 Å². The molecule has 8 nitrogen and oxygen atoms in total. The molecule has 9 heteroatoms. The Morgan fingerprint density at radius 3 is 2.62 bits per heavy atom. The number of anilines is 3. The monoisotopic (exact) mass is 543 g/mol. The first kappa shape index (κ1) is 27.3. The lowest BCUT2D eigenvalue weighted by molar-refractivity contribution is 0.102. The van der Waals surface area contributed by atoms with Gasteiger partial charge in [-0.25, -0.2) is 14.4 Å². The summed E-state index contributed by atoms with van der Waals surface area (Å²) >= 11 is 0. The van der Waals surface area contributed by atoms with E-state index < -0.39 is 5.82 Å². The zero-order chi connectivity index (χ0) is 28.1. The minimum absolute atomic E-state index is 0.216. The van der Waals surface area contributed by atoms with Crippen molar-refractivity contribution in [3.8, 4) is 11.5 Å². The van der Waals surface area contributed by atoms with Crippen LogP contribution in [0.25, 0.3) is 10.9 Å². The number of aryl methyl sites for hydroxylation is 1. The molecule has 5 rings (SSSR count). The number of piperidine rings is 1. The Morgan fingerprint density at radius 1 is 1.07 bits per heavy atom. The van der Waals surface area contributed by atoms with Gasteiger partial charge in [-0.3, -0.25) is 4.79 Å². The summed E-state index contributed by atoms with van der Waals surface area (Å²) in [6.45, 7) is 4.75. The SMILES string of the molecule is CCc1ccccc1C(=O)Nc1ccc(Nc2ncnc3cc(OCC4CCN(C)CC4)c(OC)cc23)c(F)c1. The van der Waals surface area contributed by atoms with Gasteiger partial charge in [-0.1, -0.05) is 25.1 Å². The molecule has 2 heterocycles. The molecular weight excluding hydrogens is 509 g/mol. The minimum Gasteiger partial charge on any atom is -0.493 e. The lowest BCUT2D eigenvalue weighted by atomic mass is 9.98. The van der Waals surface area contributed by atoms with Crippen molar-refractivity contribution >= 4 is 34.0 Å². The summed E-state index contributed by atoms with van der Waals surface area (Å²) in [5, 5.41) is 6.52. The van der Waals surface area contributed by atoms with Crippen molar-refractivity contribution in [2.75, 3.05) is 44.5 Å². The van der Waals surface area contributed by atoms with Crippen molar-refractivity contribution in [1.29, 1.82) is 0 Å². The number of methoxy groups -OCH3 is 1. The summed E-state index contributed by atoms with van der Waals surface area (Å²) < 4.78 is 26.9. The molecule has 1 saturated heterocycles. The van der Waals surface area contributed by atoms with Crippen LogP contribution in [0.5, 0.6) is 11.5 Å². The molecule has 0 radical (unpaired) electrons. The van der Waals surface area contributed by atoms with E-state index in [0.717, 1.165) is 37.9 Å². The molecule has 3 aromatic carbocycles. The third kappa shape index (κ3) is 6.15. The molecule has 2 N–H and O–H groups in total. The Morgan fingerprint density at radius 2 is 1.88 bits per heavy atom. The largest absolute Gasteiger partial charge is 0.493 e. The van der Waals surface area contributed by atoms with Crippen LogP contribution in [-0.2, 0) is 6.42 Å². The van der Waals surface area contributed by atoms with Gasteiger partial charge in [-0.2, -0.15) is 0 Å². The normalized spacial score (nSPS) is 14.2. The lowest BCUT2D eigenvalue weighted by Gasteiger charge is -2.28. The number of benzene rings is 3. The Labute approximate surface area is 233 Å². The first-order valence-electron chi connectivity index (χ1n) is 13.5. The molecule has 40 heavy (non-hydrogen) atoms. The third-order valence-electron chi connectivity index (χ3n) is 7.36. The number of halogens is 1. The highest BCUT2D eigenvalue weighted by Gasteiger charge is 2.19. The predicted octanol–water partition coefficient (Wildman–Crippen LogP) is 6.06. The summed E-state index contributed by atoms with van der Waals surface area (Å²) in [5.41, 5.74) is 2.73. The van der Waals surface area contributed by atoms with Crippen molar-refractivity contribution in [2.45, 2.75) is 26.2 Å². The fraction of sp³-hybridized carbons (Fsp3) is 0.323. The van der Waals surface area contributed by atoms with E-state index >= 15 is 4.39 Å². The van der Waals surface area contributed by atoms with Gasteiger partial charge in [-0.05, 0) is 81.2 Å². The Balaban J connectivity index is 1.32. The number of nitrogens with zero attached hydrogens (tertiary/aromatic N) is 3. The Kier molecular flexibility index (Phi) is 8.40. The van der Waals surface area contributed by atoms with Crippen LogP contribution in [0.3, 0.4) is 0 Å². The molecule has 0 spiro atoms. The molecule has 0 saturated carbocycles. The fourth-order valence-electron chi connectivity index (χ4n) is 4.94. The highest BCUT2D eigenvalue weighted by molar-refractivity contribution is 6.05. The number of carbonyl (C=O) groups is 1. The number of likely N-dealkylation sites (tertiary alicyclic amines) is 1. The van der Waals surface area contributed by atoms with Crippen LogP contribution in [-0.4, -0.2) is 54.6 Å². The minimum atomic E-state index is -0.529. The number of hydrogen-bond acceptors (Lipinski definition) is 7. The van der Waals surface area contributed by atoms with Crippen LogP contribution in [0.15, 0.2) is 60.9 Å². The van der Waals surface area contributed by atoms with E-state index in [2.05, 4.69) is 32.5 Å². The van der Waals surface area contributed by atoms with Crippen molar-refractivity contribution in [2.24, 2.45) is 5.92 Å². The van der Waals surface area contributed by atoms with Gasteiger partial charge in [0.25, 0.3) is 5.91 Å². The standard InChI is InChI=1S/C31H34FN5O3/c1-4-21-7-5-6-8-23(21)31(38)35-22-9-10-26(25(32)15-22)36-30-24-16-28(39-3)29(17-27(24)33-19-34-30)40-18-20-11-13-37(2)14-12-20/h5-10,15-17,19-20H,4,11-14,18H2,1-3H3,(H,35,38)(H,33,34,36). The number of rotatable bonds is 9. The second-order valence-corrected chi connectivity index (χ2v) is 10.1. The van der Waals surface area contributed by atoms with Crippen LogP contribution in [0.1, 0.15) is 35.7 Å². The molecule has 1 fully saturated rings. The van der Waals surface area contributed by atoms with Gasteiger partial charge in [0.2, 0.25) is 0 Å². The van der Waals surface area contributed by atoms with E-state index in [-0.39, 0.29) is 11.6 Å². The van der Waals surface area contributed by atoms with Gasteiger partial charge in [0.1, 0.15) is 18.0 Å². The zero-order valence-electron chi connectivity index (χ0n) is 23.0. The van der Waals surface area contributed by atoms with Crippen LogP contribution in [0.2, 0.25) is 0 Å². The zero-order valence-corrected chi connectivity index (χ0v) is 23.0. The summed E-state index contributed by atoms with van der Waals surface area (Å²) in [6.07, 6.45) is 4.35. The van der Waals surface area contributed by atoms with Gasteiger partial charge in [0.15, 0.2) is 11.5 Å². The van der Waals surface area contributed by atoms with Crippen molar-refractivity contribution in [3.63, 3.8) is 0 Å². The molecule has 4 aromatic rings. The van der Waals surface area contributed by atoms with Gasteiger partial charge in [0.05, 0.1) is 24.9 Å². The predicted molar refractivity (Wildman–Crippen MR) is 155 cm³/mol. The molecule has 0 unspecified atom stereocenters. The van der Waals surface area contributed by atoms with Gasteiger partial charge < -0.3 is 25.0 Å². The number of aromatic nitrogens is 2. The molecule has 0 atom stereocenters. The fourth-order valence-corrected chi connectivity index (χ4v) is 4.94. The number of fused-ring (bicyclic) bond motifs is 1. The van der Waals surface area contributed by atoms with Crippen LogP contribution in [0.4, 0.5) is 21.6 Å². The maximum absolute atomic E-state index is 15.1. The summed E-state index contributed by atoms with van der Waals surface area (Å²) in [4.78, 5) is 23.9. The second-order valence-electron chi connectivity index (χ2n) is 10.1. The average Bonchev–Trinajstić information content (AvgIpc) is 2.97. The van der Waals surface area contributed by atoms with Crippen LogP contribution < -0.4 is 20.1 Å². The van der Waals surface area contributed by atoms with Crippen molar-refractivity contribution < 1.29 is 18.7 Å². The number of hydrogen-bond donors (Lipinski definition) is 2. The van der Waals surface area contributed by atoms with E-state index in [4.69, 9.17) is 9.47 Å².